The molecule has 0 unspecified atom stereocenters. The Morgan fingerprint density at radius 3 is 2.40 bits per heavy atom. The van der Waals surface area contributed by atoms with E-state index in [1.807, 2.05) is 23.9 Å². The van der Waals surface area contributed by atoms with Gasteiger partial charge in [-0.3, -0.25) is 0 Å². The number of aromatic carboxylic acids is 1. The van der Waals surface area contributed by atoms with Gasteiger partial charge in [-0.2, -0.15) is 0 Å². The predicted molar refractivity (Wildman–Crippen MR) is 79.0 cm³/mol. The number of likely N-dealkylation sites (N-methyl/N-ethyl adjacent to an activating group) is 1. The fraction of sp³-hybridized carbons (Fsp3) is 0.533. The molecule has 0 heterocycles. The quantitative estimate of drug-likeness (QED) is 0.834. The Kier molecular flexibility index (Phi) is 5.95. The zero-order chi connectivity index (χ0) is 15.3. The Morgan fingerprint density at radius 1 is 1.30 bits per heavy atom. The van der Waals surface area contributed by atoms with E-state index in [9.17, 15) is 9.18 Å². The van der Waals surface area contributed by atoms with Crippen LogP contribution < -0.4 is 4.90 Å². The summed E-state index contributed by atoms with van der Waals surface area (Å²) >= 11 is 0. The molecule has 1 aromatic carbocycles. The molecular weight excluding hydrogens is 259 g/mol. The number of halogens is 1. The van der Waals surface area contributed by atoms with Gasteiger partial charge < -0.3 is 14.9 Å². The van der Waals surface area contributed by atoms with E-state index < -0.39 is 11.8 Å². The number of anilines is 1. The molecule has 1 N–H and O–H groups in total. The zero-order valence-corrected chi connectivity index (χ0v) is 12.6. The van der Waals surface area contributed by atoms with Crippen molar-refractivity contribution in [1.29, 1.82) is 0 Å². The summed E-state index contributed by atoms with van der Waals surface area (Å²) in [7, 11) is 3.94. The van der Waals surface area contributed by atoms with E-state index in [1.54, 1.807) is 6.07 Å². The lowest BCUT2D eigenvalue weighted by atomic mass is 10.1. The second-order valence-corrected chi connectivity index (χ2v) is 5.61. The van der Waals surface area contributed by atoms with Gasteiger partial charge >= 0.3 is 5.97 Å². The molecule has 0 amide bonds. The molecule has 0 spiro atoms. The number of carboxylic acid groups (broad SMARTS) is 1. The fourth-order valence-corrected chi connectivity index (χ4v) is 1.97. The smallest absolute Gasteiger partial charge is 0.335 e. The minimum Gasteiger partial charge on any atom is -0.478 e. The lowest BCUT2D eigenvalue weighted by Gasteiger charge is -2.28. The molecule has 5 heteroatoms. The van der Waals surface area contributed by atoms with Crippen molar-refractivity contribution in [3.8, 4) is 0 Å². The molecule has 0 saturated heterocycles. The van der Waals surface area contributed by atoms with Gasteiger partial charge in [0.2, 0.25) is 0 Å². The van der Waals surface area contributed by atoms with E-state index in [0.717, 1.165) is 19.2 Å². The highest BCUT2D eigenvalue weighted by Crippen LogP contribution is 2.21. The van der Waals surface area contributed by atoms with Gasteiger partial charge in [-0.25, -0.2) is 9.18 Å². The summed E-state index contributed by atoms with van der Waals surface area (Å²) in [5, 5.41) is 8.87. The van der Waals surface area contributed by atoms with Crippen LogP contribution in [0.3, 0.4) is 0 Å². The number of rotatable bonds is 7. The van der Waals surface area contributed by atoms with Crippen molar-refractivity contribution in [3.63, 3.8) is 0 Å². The first-order valence-corrected chi connectivity index (χ1v) is 6.73. The van der Waals surface area contributed by atoms with E-state index in [2.05, 4.69) is 13.8 Å². The van der Waals surface area contributed by atoms with Crippen molar-refractivity contribution in [3.05, 3.63) is 29.6 Å². The van der Waals surface area contributed by atoms with Gasteiger partial charge in [-0.15, -0.1) is 0 Å². The molecule has 0 radical (unpaired) electrons. The number of hydrogen-bond donors (Lipinski definition) is 1. The third-order valence-electron chi connectivity index (χ3n) is 2.94. The molecule has 1 aromatic rings. The van der Waals surface area contributed by atoms with Gasteiger partial charge in [0.1, 0.15) is 5.82 Å². The Hall–Kier alpha value is -1.62. The Bertz CT molecular complexity index is 461. The molecular formula is C15H23FN2O2. The maximum Gasteiger partial charge on any atom is 0.335 e. The Balaban J connectivity index is 2.97. The molecule has 0 saturated carbocycles. The van der Waals surface area contributed by atoms with Crippen LogP contribution in [0, 0.1) is 11.7 Å². The lowest BCUT2D eigenvalue weighted by Crippen LogP contribution is -2.35. The normalized spacial score (nSPS) is 11.2. The minimum atomic E-state index is -1.11. The summed E-state index contributed by atoms with van der Waals surface area (Å²) in [4.78, 5) is 14.8. The first kappa shape index (κ1) is 16.4. The van der Waals surface area contributed by atoms with Crippen LogP contribution in [0.1, 0.15) is 24.2 Å². The largest absolute Gasteiger partial charge is 0.478 e. The van der Waals surface area contributed by atoms with Crippen LogP contribution in [-0.4, -0.2) is 49.7 Å². The average molecular weight is 282 g/mol. The van der Waals surface area contributed by atoms with Crippen molar-refractivity contribution in [1.82, 2.24) is 4.90 Å². The topological polar surface area (TPSA) is 43.8 Å². The van der Waals surface area contributed by atoms with Crippen LogP contribution in [0.4, 0.5) is 10.1 Å². The number of benzene rings is 1. The number of nitrogens with zero attached hydrogens (tertiary/aromatic N) is 2. The third kappa shape index (κ3) is 4.81. The van der Waals surface area contributed by atoms with Crippen LogP contribution in [0.5, 0.6) is 0 Å². The number of carbonyl (C=O) groups is 1. The molecule has 0 aliphatic carbocycles. The van der Waals surface area contributed by atoms with E-state index in [-0.39, 0.29) is 5.56 Å². The highest BCUT2D eigenvalue weighted by atomic mass is 19.1. The third-order valence-corrected chi connectivity index (χ3v) is 2.94. The van der Waals surface area contributed by atoms with E-state index in [4.69, 9.17) is 5.11 Å². The van der Waals surface area contributed by atoms with Gasteiger partial charge in [-0.05, 0) is 38.2 Å². The summed E-state index contributed by atoms with van der Waals surface area (Å²) in [6.07, 6.45) is 0. The van der Waals surface area contributed by atoms with Crippen molar-refractivity contribution in [2.24, 2.45) is 5.92 Å². The Morgan fingerprint density at radius 2 is 1.95 bits per heavy atom. The predicted octanol–water partition coefficient (Wildman–Crippen LogP) is 2.55. The second-order valence-electron chi connectivity index (χ2n) is 5.61. The first-order chi connectivity index (χ1) is 9.31. The summed E-state index contributed by atoms with van der Waals surface area (Å²) in [6.45, 7) is 6.40. The van der Waals surface area contributed by atoms with Crippen molar-refractivity contribution in [2.45, 2.75) is 13.8 Å². The van der Waals surface area contributed by atoms with Gasteiger partial charge in [0, 0.05) is 19.6 Å². The van der Waals surface area contributed by atoms with E-state index >= 15 is 0 Å². The SMILES string of the molecule is CC(C)CN(CCN(C)C)c1ccc(C(=O)O)cc1F. The molecule has 0 aromatic heterocycles. The lowest BCUT2D eigenvalue weighted by molar-refractivity contribution is 0.0696. The van der Waals surface area contributed by atoms with E-state index in [0.29, 0.717) is 18.2 Å². The van der Waals surface area contributed by atoms with Gasteiger partial charge in [0.25, 0.3) is 0 Å². The fourth-order valence-electron chi connectivity index (χ4n) is 1.97. The first-order valence-electron chi connectivity index (χ1n) is 6.73. The average Bonchev–Trinajstić information content (AvgIpc) is 2.33. The van der Waals surface area contributed by atoms with Crippen LogP contribution in [0.2, 0.25) is 0 Å². The van der Waals surface area contributed by atoms with Crippen molar-refractivity contribution in [2.75, 3.05) is 38.6 Å². The molecule has 112 valence electrons. The van der Waals surface area contributed by atoms with Crippen molar-refractivity contribution >= 4 is 11.7 Å². The molecule has 0 bridgehead atoms. The van der Waals surface area contributed by atoms with Crippen LogP contribution in [0.15, 0.2) is 18.2 Å². The molecule has 0 atom stereocenters. The maximum absolute atomic E-state index is 14.1. The van der Waals surface area contributed by atoms with Crippen LogP contribution >= 0.6 is 0 Å². The number of carboxylic acids is 1. The monoisotopic (exact) mass is 282 g/mol. The van der Waals surface area contributed by atoms with Crippen molar-refractivity contribution < 1.29 is 14.3 Å². The van der Waals surface area contributed by atoms with Gasteiger partial charge in [0.15, 0.2) is 0 Å². The molecule has 1 rings (SSSR count). The molecule has 4 nitrogen and oxygen atoms in total. The zero-order valence-electron chi connectivity index (χ0n) is 12.6. The minimum absolute atomic E-state index is 0.0247. The second kappa shape index (κ2) is 7.24. The maximum atomic E-state index is 14.1. The molecule has 20 heavy (non-hydrogen) atoms. The van der Waals surface area contributed by atoms with E-state index in [1.165, 1.54) is 6.07 Å². The van der Waals surface area contributed by atoms with Gasteiger partial charge in [-0.1, -0.05) is 13.8 Å². The van der Waals surface area contributed by atoms with Crippen LogP contribution in [-0.2, 0) is 0 Å². The number of hydrogen-bond acceptors (Lipinski definition) is 3. The summed E-state index contributed by atoms with van der Waals surface area (Å²) in [5.74, 6) is -1.20. The highest BCUT2D eigenvalue weighted by molar-refractivity contribution is 5.88. The summed E-state index contributed by atoms with van der Waals surface area (Å²) in [6, 6.07) is 4.08. The van der Waals surface area contributed by atoms with Gasteiger partial charge in [0.05, 0.1) is 11.3 Å². The molecule has 0 aliphatic rings. The van der Waals surface area contributed by atoms with Crippen LogP contribution in [0.25, 0.3) is 0 Å². The summed E-state index contributed by atoms with van der Waals surface area (Å²) < 4.78 is 14.1. The Labute approximate surface area is 119 Å². The summed E-state index contributed by atoms with van der Waals surface area (Å²) in [5.41, 5.74) is 0.439. The standard InChI is InChI=1S/C15H23FN2O2/c1-11(2)10-18(8-7-17(3)4)14-6-5-12(15(19)20)9-13(14)16/h5-6,9,11H,7-8,10H2,1-4H3,(H,19,20). The molecule has 0 aliphatic heterocycles. The highest BCUT2D eigenvalue weighted by Gasteiger charge is 2.15. The molecule has 0 fully saturated rings.